The first-order valence-corrected chi connectivity index (χ1v) is 0. The fourth-order valence-electron chi connectivity index (χ4n) is 0. The Hall–Kier alpha value is 3.52. The van der Waals surface area contributed by atoms with Crippen LogP contribution in [0.3, 0.4) is 0 Å². The molecule has 0 unspecified atom stereocenters. The van der Waals surface area contributed by atoms with Gasteiger partial charge in [0, 0.05) is 58.9 Å². The first-order chi connectivity index (χ1) is 0. The summed E-state index contributed by atoms with van der Waals surface area (Å²) in [4.78, 5) is 0. The Bertz CT molecular complexity index is 8.00. The second-order valence-electron chi connectivity index (χ2n) is 0. The van der Waals surface area contributed by atoms with Crippen molar-refractivity contribution >= 4 is 51.4 Å². The van der Waals surface area contributed by atoms with E-state index < -0.39 is 0 Å². The van der Waals surface area contributed by atoms with Gasteiger partial charge in [-0.25, -0.2) is 0 Å². The minimum absolute atomic E-state index is 0. The van der Waals surface area contributed by atoms with Crippen molar-refractivity contribution in [2.45, 2.75) is 0 Å². The predicted molar refractivity (Wildman–Crippen MR) is 7.15 cm³/mol. The van der Waals surface area contributed by atoms with Crippen molar-refractivity contribution < 1.29 is 58.9 Å². The minimum Gasteiger partial charge on any atom is 0 e. The minimum atomic E-state index is 0. The van der Waals surface area contributed by atoms with Crippen molar-refractivity contribution in [1.29, 1.82) is 0 Å². The Morgan fingerprint density at radius 3 is 1.00 bits per heavy atom. The van der Waals surface area contributed by atoms with E-state index in [1.165, 1.54) is 0 Å². The van der Waals surface area contributed by atoms with E-state index in [4.69, 9.17) is 0 Å². The average Bonchev–Trinajstić information content (AvgIpc) is 0. The molecule has 4 heavy (non-hydrogen) atoms. The number of hydrogen-bond donors (Lipinski definition) is 0. The molecule has 0 fully saturated rings. The number of hydrogen-bond acceptors (Lipinski definition) is 0. The predicted octanol–water partition coefficient (Wildman–Crippen LogP) is -0.656. The molecular weight excluding hydrogens is 356 g/mol. The van der Waals surface area contributed by atoms with Crippen molar-refractivity contribution in [2.75, 3.05) is 0 Å². The molecule has 0 aromatic carbocycles. The van der Waals surface area contributed by atoms with Crippen LogP contribution in [-0.2, 0) is 58.9 Å². The van der Waals surface area contributed by atoms with Gasteiger partial charge in [0.15, 0.2) is 0 Å². The van der Waals surface area contributed by atoms with E-state index in [1.54, 1.807) is 0 Å². The van der Waals surface area contributed by atoms with Gasteiger partial charge < -0.3 is 0 Å². The van der Waals surface area contributed by atoms with Crippen LogP contribution in [-0.4, -0.2) is 51.4 Å². The van der Waals surface area contributed by atoms with Crippen molar-refractivity contribution in [3.63, 3.8) is 0 Å². The van der Waals surface area contributed by atoms with Gasteiger partial charge in [0.2, 0.25) is 0 Å². The molecule has 4 heteroatoms. The van der Waals surface area contributed by atoms with Crippen LogP contribution in [0.2, 0.25) is 0 Å². The average molecular weight is 357 g/mol. The Morgan fingerprint density at radius 2 is 1.00 bits per heavy atom. The molecule has 0 aliphatic rings. The van der Waals surface area contributed by atoms with Crippen LogP contribution in [0.4, 0.5) is 0 Å². The second-order valence-corrected chi connectivity index (χ2v) is 0. The zero-order valence-electron chi connectivity index (χ0n) is 1.39. The molecule has 0 amide bonds. The molecule has 0 spiro atoms. The van der Waals surface area contributed by atoms with Gasteiger partial charge in [0.25, 0.3) is 0 Å². The number of rotatable bonds is 0. The summed E-state index contributed by atoms with van der Waals surface area (Å²) < 4.78 is 0. The first kappa shape index (κ1) is 25.8. The topological polar surface area (TPSA) is 0 Å². The SMILES string of the molecule is [Au].[KH].[Mn].[Zn]. The van der Waals surface area contributed by atoms with Gasteiger partial charge in [0.1, 0.15) is 0 Å². The van der Waals surface area contributed by atoms with Gasteiger partial charge in [0.05, 0.1) is 0 Å². The molecule has 0 nitrogen and oxygen atoms in total. The molecule has 0 rings (SSSR count). The molecule has 0 saturated heterocycles. The molecule has 0 heterocycles. The third-order valence-electron chi connectivity index (χ3n) is 0. The third-order valence-corrected chi connectivity index (χ3v) is 0. The standard InChI is InChI=1S/Au.K.Mn.Zn.H. The quantitative estimate of drug-likeness (QED) is 0.505. The fourth-order valence-corrected chi connectivity index (χ4v) is 0. The Balaban J connectivity index is 0. The van der Waals surface area contributed by atoms with Crippen LogP contribution in [0.25, 0.3) is 0 Å². The summed E-state index contributed by atoms with van der Waals surface area (Å²) in [5, 5.41) is 0. The van der Waals surface area contributed by atoms with E-state index in [9.17, 15) is 0 Å². The van der Waals surface area contributed by atoms with E-state index in [0.29, 0.717) is 0 Å². The molecule has 2 radical (unpaired) electrons. The monoisotopic (exact) mass is 356 g/mol. The van der Waals surface area contributed by atoms with Crippen molar-refractivity contribution in [2.24, 2.45) is 0 Å². The molecule has 0 aliphatic heterocycles. The van der Waals surface area contributed by atoms with Crippen molar-refractivity contribution in [3.05, 3.63) is 0 Å². The molecule has 0 aliphatic carbocycles. The Morgan fingerprint density at radius 1 is 1.00 bits per heavy atom. The second kappa shape index (κ2) is 16.0. The van der Waals surface area contributed by atoms with Gasteiger partial charge in [-0.15, -0.1) is 0 Å². The summed E-state index contributed by atoms with van der Waals surface area (Å²) >= 11 is 0. The summed E-state index contributed by atoms with van der Waals surface area (Å²) in [5.74, 6) is 0. The molecule has 0 saturated carbocycles. The zero-order valence-corrected chi connectivity index (χ0v) is 7.70. The maximum Gasteiger partial charge on any atom is 0 e. The largest absolute Gasteiger partial charge is 0 e. The molecule has 0 bridgehead atoms. The van der Waals surface area contributed by atoms with Gasteiger partial charge in [-0.05, 0) is 0 Å². The fraction of sp³-hybridized carbons (Fsp3) is 0. The summed E-state index contributed by atoms with van der Waals surface area (Å²) in [6.07, 6.45) is 0. The Labute approximate surface area is 107 Å². The molecule has 0 aromatic heterocycles. The van der Waals surface area contributed by atoms with E-state index in [1.807, 2.05) is 0 Å². The first-order valence-electron chi connectivity index (χ1n) is 0. The maximum absolute atomic E-state index is 0. The Kier molecular flexibility index (Phi) is 103. The van der Waals surface area contributed by atoms with E-state index in [2.05, 4.69) is 0 Å². The van der Waals surface area contributed by atoms with Gasteiger partial charge >= 0.3 is 51.4 Å². The molecule has 0 atom stereocenters. The maximum atomic E-state index is 0. The summed E-state index contributed by atoms with van der Waals surface area (Å²) in [6.45, 7) is 0. The van der Waals surface area contributed by atoms with E-state index in [0.717, 1.165) is 0 Å². The van der Waals surface area contributed by atoms with Crippen LogP contribution >= 0.6 is 0 Å². The van der Waals surface area contributed by atoms with Crippen LogP contribution in [0, 0.1) is 0 Å². The normalized spacial score (nSPS) is 0. The molecule has 22 valence electrons. The summed E-state index contributed by atoms with van der Waals surface area (Å²) in [6, 6.07) is 0. The molecule has 0 aromatic rings. The van der Waals surface area contributed by atoms with E-state index >= 15 is 0 Å². The van der Waals surface area contributed by atoms with Crippen molar-refractivity contribution in [1.82, 2.24) is 0 Å². The third kappa shape index (κ3) is 9.10. The van der Waals surface area contributed by atoms with Crippen LogP contribution < -0.4 is 0 Å². The molecular formula is HAuKMnZn. The van der Waals surface area contributed by atoms with Gasteiger partial charge in [-0.3, -0.25) is 0 Å². The van der Waals surface area contributed by atoms with Crippen LogP contribution in [0.1, 0.15) is 0 Å². The van der Waals surface area contributed by atoms with E-state index in [-0.39, 0.29) is 110 Å². The summed E-state index contributed by atoms with van der Waals surface area (Å²) in [5.41, 5.74) is 0. The zero-order chi connectivity index (χ0) is 0. The molecule has 0 N–H and O–H groups in total. The van der Waals surface area contributed by atoms with Crippen LogP contribution in [0.5, 0.6) is 0 Å². The smallest absolute Gasteiger partial charge is 0 e. The van der Waals surface area contributed by atoms with Gasteiger partial charge in [-0.2, -0.15) is 0 Å². The van der Waals surface area contributed by atoms with Crippen molar-refractivity contribution in [3.8, 4) is 0 Å². The van der Waals surface area contributed by atoms with Crippen LogP contribution in [0.15, 0.2) is 0 Å². The summed E-state index contributed by atoms with van der Waals surface area (Å²) in [7, 11) is 0. The van der Waals surface area contributed by atoms with Gasteiger partial charge in [-0.1, -0.05) is 0 Å².